The van der Waals surface area contributed by atoms with Gasteiger partial charge in [0.05, 0.1) is 0 Å². The van der Waals surface area contributed by atoms with E-state index in [0.717, 1.165) is 0 Å². The van der Waals surface area contributed by atoms with Gasteiger partial charge in [-0.05, 0) is 37.3 Å². The topological polar surface area (TPSA) is 84.0 Å². The molecular weight excluding hydrogens is 352 g/mol. The van der Waals surface area contributed by atoms with Gasteiger partial charge < -0.3 is 5.32 Å². The van der Waals surface area contributed by atoms with Crippen molar-refractivity contribution in [1.29, 1.82) is 0 Å². The minimum atomic E-state index is -0.506. The van der Waals surface area contributed by atoms with E-state index in [1.165, 1.54) is 0 Å². The van der Waals surface area contributed by atoms with Crippen molar-refractivity contribution in [3.05, 3.63) is 82.6 Å². The summed E-state index contributed by atoms with van der Waals surface area (Å²) < 4.78 is 0. The first kappa shape index (κ1) is 17.6. The number of ketones is 1. The van der Waals surface area contributed by atoms with Gasteiger partial charge in [-0.15, -0.1) is 0 Å². The highest BCUT2D eigenvalue weighted by Crippen LogP contribution is 2.15. The van der Waals surface area contributed by atoms with E-state index in [0.29, 0.717) is 22.5 Å². The fourth-order valence-corrected chi connectivity index (χ4v) is 2.55. The normalized spacial score (nSPS) is 10.2. The molecule has 6 nitrogen and oxygen atoms in total. The van der Waals surface area contributed by atoms with Crippen LogP contribution < -0.4 is 10.6 Å². The molecule has 2 aromatic carbocycles. The number of hydrogen-bond donors (Lipinski definition) is 2. The van der Waals surface area contributed by atoms with Gasteiger partial charge in [0.15, 0.2) is 5.78 Å². The summed E-state index contributed by atoms with van der Waals surface area (Å²) in [6, 6.07) is 16.7. The highest BCUT2D eigenvalue weighted by atomic mass is 35.5. The van der Waals surface area contributed by atoms with E-state index in [9.17, 15) is 9.59 Å². The standard InChI is InChI=1S/C19H15ClN4O2/c1-12-11-16(20)23-18(21-12)24-19(26)22-15-9-7-14(8-10-15)17(25)13-5-3-2-4-6-13/h2-11H,1H3,(H2,21,22,23,24,26). The molecule has 0 aliphatic heterocycles. The Hall–Kier alpha value is -3.25. The second-order valence-electron chi connectivity index (χ2n) is 5.51. The minimum absolute atomic E-state index is 0.0793. The maximum atomic E-state index is 12.4. The molecule has 0 bridgehead atoms. The summed E-state index contributed by atoms with van der Waals surface area (Å²) in [6.07, 6.45) is 0. The van der Waals surface area contributed by atoms with Crippen molar-refractivity contribution in [2.75, 3.05) is 10.6 Å². The van der Waals surface area contributed by atoms with E-state index in [1.54, 1.807) is 49.4 Å². The molecule has 2 N–H and O–H groups in total. The molecule has 0 fully saturated rings. The van der Waals surface area contributed by atoms with Crippen molar-refractivity contribution in [2.45, 2.75) is 6.92 Å². The van der Waals surface area contributed by atoms with Crippen molar-refractivity contribution in [1.82, 2.24) is 9.97 Å². The number of benzene rings is 2. The number of rotatable bonds is 4. The molecule has 0 saturated heterocycles. The zero-order chi connectivity index (χ0) is 18.5. The lowest BCUT2D eigenvalue weighted by Gasteiger charge is -2.08. The van der Waals surface area contributed by atoms with E-state index in [1.807, 2.05) is 18.2 Å². The number of aromatic nitrogens is 2. The lowest BCUT2D eigenvalue weighted by Crippen LogP contribution is -2.21. The lowest BCUT2D eigenvalue weighted by molar-refractivity contribution is 0.103. The van der Waals surface area contributed by atoms with Crippen LogP contribution in [-0.4, -0.2) is 21.8 Å². The smallest absolute Gasteiger partial charge is 0.308 e. The van der Waals surface area contributed by atoms with Gasteiger partial charge in [0, 0.05) is 22.5 Å². The first-order valence-corrected chi connectivity index (χ1v) is 8.18. The maximum Gasteiger partial charge on any atom is 0.326 e. The number of nitrogens with zero attached hydrogens (tertiary/aromatic N) is 2. The Morgan fingerprint density at radius 1 is 0.885 bits per heavy atom. The molecule has 7 heteroatoms. The molecule has 0 aliphatic carbocycles. The molecular formula is C19H15ClN4O2. The van der Waals surface area contributed by atoms with Gasteiger partial charge in [-0.3, -0.25) is 10.1 Å². The van der Waals surface area contributed by atoms with Crippen LogP contribution in [0.5, 0.6) is 0 Å². The zero-order valence-corrected chi connectivity index (χ0v) is 14.6. The molecule has 130 valence electrons. The number of urea groups is 1. The molecule has 0 aliphatic rings. The number of aryl methyl sites for hydroxylation is 1. The van der Waals surface area contributed by atoms with E-state index in [-0.39, 0.29) is 16.9 Å². The molecule has 1 heterocycles. The molecule has 0 spiro atoms. The summed E-state index contributed by atoms with van der Waals surface area (Å²) >= 11 is 5.84. The Morgan fingerprint density at radius 2 is 1.54 bits per heavy atom. The van der Waals surface area contributed by atoms with Crippen molar-refractivity contribution >= 4 is 35.1 Å². The molecule has 0 saturated carbocycles. The molecule has 26 heavy (non-hydrogen) atoms. The monoisotopic (exact) mass is 366 g/mol. The van der Waals surface area contributed by atoms with Crippen molar-refractivity contribution < 1.29 is 9.59 Å². The Labute approximate surface area is 155 Å². The summed E-state index contributed by atoms with van der Waals surface area (Å²) in [5.74, 6) is 0.0350. The summed E-state index contributed by atoms with van der Waals surface area (Å²) in [5, 5.41) is 5.41. The third-order valence-electron chi connectivity index (χ3n) is 3.49. The van der Waals surface area contributed by atoms with Gasteiger partial charge in [0.25, 0.3) is 0 Å². The van der Waals surface area contributed by atoms with Crippen LogP contribution in [0.2, 0.25) is 5.15 Å². The Morgan fingerprint density at radius 3 is 2.19 bits per heavy atom. The van der Waals surface area contributed by atoms with E-state index < -0.39 is 6.03 Å². The predicted molar refractivity (Wildman–Crippen MR) is 101 cm³/mol. The van der Waals surface area contributed by atoms with Crippen molar-refractivity contribution in [2.24, 2.45) is 0 Å². The number of carbonyl (C=O) groups excluding carboxylic acids is 2. The van der Waals surface area contributed by atoms with Gasteiger partial charge in [-0.25, -0.2) is 14.8 Å². The molecule has 3 aromatic rings. The predicted octanol–water partition coefficient (Wildman–Crippen LogP) is 4.31. The fourth-order valence-electron chi connectivity index (χ4n) is 2.31. The molecule has 0 unspecified atom stereocenters. The van der Waals surface area contributed by atoms with E-state index >= 15 is 0 Å². The minimum Gasteiger partial charge on any atom is -0.308 e. The molecule has 0 atom stereocenters. The summed E-state index contributed by atoms with van der Waals surface area (Å²) in [6.45, 7) is 1.75. The number of carbonyl (C=O) groups is 2. The molecule has 3 rings (SSSR count). The van der Waals surface area contributed by atoms with Crippen molar-refractivity contribution in [3.8, 4) is 0 Å². The second kappa shape index (κ2) is 7.76. The lowest BCUT2D eigenvalue weighted by atomic mass is 10.0. The zero-order valence-electron chi connectivity index (χ0n) is 13.9. The summed E-state index contributed by atoms with van der Waals surface area (Å²) in [4.78, 5) is 32.4. The second-order valence-corrected chi connectivity index (χ2v) is 5.89. The summed E-state index contributed by atoms with van der Waals surface area (Å²) in [5.41, 5.74) is 2.32. The fraction of sp³-hybridized carbons (Fsp3) is 0.0526. The third kappa shape index (κ3) is 4.43. The van der Waals surface area contributed by atoms with Crippen LogP contribution in [0.25, 0.3) is 0 Å². The largest absolute Gasteiger partial charge is 0.326 e. The number of nitrogens with one attached hydrogen (secondary N) is 2. The highest BCUT2D eigenvalue weighted by molar-refractivity contribution is 6.29. The number of halogens is 1. The van der Waals surface area contributed by atoms with Gasteiger partial charge in [-0.1, -0.05) is 41.9 Å². The van der Waals surface area contributed by atoms with Gasteiger partial charge in [0.2, 0.25) is 5.95 Å². The van der Waals surface area contributed by atoms with Crippen LogP contribution in [0, 0.1) is 6.92 Å². The van der Waals surface area contributed by atoms with E-state index in [4.69, 9.17) is 11.6 Å². The van der Waals surface area contributed by atoms with E-state index in [2.05, 4.69) is 20.6 Å². The Balaban J connectivity index is 1.65. The number of hydrogen-bond acceptors (Lipinski definition) is 4. The van der Waals surface area contributed by atoms with Gasteiger partial charge in [-0.2, -0.15) is 0 Å². The highest BCUT2D eigenvalue weighted by Gasteiger charge is 2.10. The first-order valence-electron chi connectivity index (χ1n) is 7.80. The van der Waals surface area contributed by atoms with Crippen LogP contribution in [0.15, 0.2) is 60.7 Å². The van der Waals surface area contributed by atoms with Gasteiger partial charge >= 0.3 is 6.03 Å². The number of amides is 2. The van der Waals surface area contributed by atoms with Crippen LogP contribution in [-0.2, 0) is 0 Å². The summed E-state index contributed by atoms with van der Waals surface area (Å²) in [7, 11) is 0. The quantitative estimate of drug-likeness (QED) is 0.532. The van der Waals surface area contributed by atoms with Crippen LogP contribution >= 0.6 is 11.6 Å². The van der Waals surface area contributed by atoms with Crippen LogP contribution in [0.1, 0.15) is 21.6 Å². The maximum absolute atomic E-state index is 12.4. The molecule has 1 aromatic heterocycles. The number of anilines is 2. The van der Waals surface area contributed by atoms with Gasteiger partial charge in [0.1, 0.15) is 5.15 Å². The molecule has 2 amide bonds. The Bertz CT molecular complexity index is 923. The average Bonchev–Trinajstić information content (AvgIpc) is 2.61. The SMILES string of the molecule is Cc1cc(Cl)nc(NC(=O)Nc2ccc(C(=O)c3ccccc3)cc2)n1. The molecule has 0 radical (unpaired) electrons. The van der Waals surface area contributed by atoms with Crippen molar-refractivity contribution in [3.63, 3.8) is 0 Å². The van der Waals surface area contributed by atoms with Crippen LogP contribution in [0.3, 0.4) is 0 Å². The first-order chi connectivity index (χ1) is 12.5. The Kier molecular flexibility index (Phi) is 5.24. The van der Waals surface area contributed by atoms with Crippen LogP contribution in [0.4, 0.5) is 16.4 Å². The average molecular weight is 367 g/mol. The third-order valence-corrected chi connectivity index (χ3v) is 3.68.